The number of hydrogen-bond acceptors (Lipinski definition) is 5. The van der Waals surface area contributed by atoms with Crippen LogP contribution in [0.4, 0.5) is 11.6 Å². The molecule has 5 heteroatoms. The molecule has 0 spiro atoms. The third-order valence-electron chi connectivity index (χ3n) is 3.68. The topological polar surface area (TPSA) is 49.8 Å². The van der Waals surface area contributed by atoms with Crippen LogP contribution in [0.1, 0.15) is 50.9 Å². The van der Waals surface area contributed by atoms with Gasteiger partial charge in [-0.1, -0.05) is 0 Å². The molecule has 0 saturated heterocycles. The maximum atomic E-state index is 4.74. The Bertz CT molecular complexity index is 469. The lowest BCUT2D eigenvalue weighted by Gasteiger charge is -2.24. The highest BCUT2D eigenvalue weighted by molar-refractivity contribution is 7.99. The van der Waals surface area contributed by atoms with E-state index < -0.39 is 0 Å². The standard InChI is InChI=1S/C15H26N4S/c1-6-16-12-10(2)13(17-9-15(3,4)20-5)19-14(18-12)11-7-8-11/h11H,6-9H2,1-5H3,(H2,16,17,18,19). The van der Waals surface area contributed by atoms with Gasteiger partial charge in [-0.2, -0.15) is 11.8 Å². The summed E-state index contributed by atoms with van der Waals surface area (Å²) in [5, 5.41) is 6.87. The van der Waals surface area contributed by atoms with Crippen molar-refractivity contribution in [1.29, 1.82) is 0 Å². The van der Waals surface area contributed by atoms with Crippen molar-refractivity contribution in [3.8, 4) is 0 Å². The molecule has 4 nitrogen and oxygen atoms in total. The molecule has 1 heterocycles. The van der Waals surface area contributed by atoms with Crippen LogP contribution in [0.25, 0.3) is 0 Å². The van der Waals surface area contributed by atoms with Crippen LogP contribution in [-0.4, -0.2) is 34.1 Å². The number of anilines is 2. The summed E-state index contributed by atoms with van der Waals surface area (Å²) >= 11 is 1.87. The molecule has 1 aromatic rings. The molecule has 0 aliphatic heterocycles. The molecule has 1 aliphatic rings. The first-order chi connectivity index (χ1) is 9.46. The van der Waals surface area contributed by atoms with E-state index in [9.17, 15) is 0 Å². The highest BCUT2D eigenvalue weighted by Crippen LogP contribution is 2.39. The Kier molecular flexibility index (Phi) is 4.78. The van der Waals surface area contributed by atoms with Crippen molar-refractivity contribution in [1.82, 2.24) is 9.97 Å². The second kappa shape index (κ2) is 6.20. The first-order valence-corrected chi connectivity index (χ1v) is 8.60. The van der Waals surface area contributed by atoms with E-state index in [1.165, 1.54) is 12.8 Å². The van der Waals surface area contributed by atoms with Crippen LogP contribution in [0.2, 0.25) is 0 Å². The molecule has 0 bridgehead atoms. The summed E-state index contributed by atoms with van der Waals surface area (Å²) in [7, 11) is 0. The lowest BCUT2D eigenvalue weighted by molar-refractivity contribution is 0.747. The van der Waals surface area contributed by atoms with Crippen molar-refractivity contribution < 1.29 is 0 Å². The van der Waals surface area contributed by atoms with Crippen LogP contribution in [0, 0.1) is 6.92 Å². The van der Waals surface area contributed by atoms with E-state index in [4.69, 9.17) is 4.98 Å². The molecular weight excluding hydrogens is 268 g/mol. The molecule has 0 radical (unpaired) electrons. The van der Waals surface area contributed by atoms with Gasteiger partial charge in [0.1, 0.15) is 17.5 Å². The SMILES string of the molecule is CCNc1nc(C2CC2)nc(NCC(C)(C)SC)c1C. The third-order valence-corrected chi connectivity index (χ3v) is 4.93. The molecule has 1 fully saturated rings. The summed E-state index contributed by atoms with van der Waals surface area (Å²) in [6.45, 7) is 10.5. The molecule has 2 N–H and O–H groups in total. The first-order valence-electron chi connectivity index (χ1n) is 7.38. The predicted molar refractivity (Wildman–Crippen MR) is 89.0 cm³/mol. The van der Waals surface area contributed by atoms with Crippen LogP contribution in [0.15, 0.2) is 0 Å². The average molecular weight is 294 g/mol. The summed E-state index contributed by atoms with van der Waals surface area (Å²) in [6, 6.07) is 0. The Balaban J connectivity index is 2.21. The Hall–Kier alpha value is -0.970. The van der Waals surface area contributed by atoms with Crippen LogP contribution in [0.3, 0.4) is 0 Å². The summed E-state index contributed by atoms with van der Waals surface area (Å²) in [6.07, 6.45) is 4.60. The average Bonchev–Trinajstić information content (AvgIpc) is 3.24. The fourth-order valence-corrected chi connectivity index (χ4v) is 2.15. The normalized spacial score (nSPS) is 15.2. The van der Waals surface area contributed by atoms with Gasteiger partial charge in [0.15, 0.2) is 0 Å². The number of thioether (sulfide) groups is 1. The van der Waals surface area contributed by atoms with E-state index in [1.807, 2.05) is 11.8 Å². The van der Waals surface area contributed by atoms with Gasteiger partial charge in [0, 0.05) is 29.3 Å². The van der Waals surface area contributed by atoms with Crippen LogP contribution >= 0.6 is 11.8 Å². The fourth-order valence-electron chi connectivity index (χ4n) is 1.94. The van der Waals surface area contributed by atoms with Crippen molar-refractivity contribution in [2.24, 2.45) is 0 Å². The minimum Gasteiger partial charge on any atom is -0.370 e. The monoisotopic (exact) mass is 294 g/mol. The zero-order valence-corrected chi connectivity index (χ0v) is 14.0. The van der Waals surface area contributed by atoms with Crippen molar-refractivity contribution >= 4 is 23.4 Å². The van der Waals surface area contributed by atoms with Gasteiger partial charge in [0.2, 0.25) is 0 Å². The Morgan fingerprint density at radius 3 is 2.30 bits per heavy atom. The minimum atomic E-state index is 0.204. The molecular formula is C15H26N4S. The van der Waals surface area contributed by atoms with Gasteiger partial charge in [-0.25, -0.2) is 9.97 Å². The van der Waals surface area contributed by atoms with Gasteiger partial charge in [0.25, 0.3) is 0 Å². The Morgan fingerprint density at radius 2 is 1.80 bits per heavy atom. The van der Waals surface area contributed by atoms with Crippen LogP contribution < -0.4 is 10.6 Å². The quantitative estimate of drug-likeness (QED) is 0.804. The molecule has 1 aromatic heterocycles. The molecule has 0 unspecified atom stereocenters. The van der Waals surface area contributed by atoms with Gasteiger partial charge in [-0.05, 0) is 46.8 Å². The third kappa shape index (κ3) is 3.78. The first kappa shape index (κ1) is 15.4. The van der Waals surface area contributed by atoms with E-state index in [2.05, 4.69) is 49.6 Å². The largest absolute Gasteiger partial charge is 0.370 e. The summed E-state index contributed by atoms with van der Waals surface area (Å²) in [4.78, 5) is 9.42. The maximum absolute atomic E-state index is 4.74. The van der Waals surface area contributed by atoms with Gasteiger partial charge in [0.05, 0.1) is 0 Å². The second-order valence-electron chi connectivity index (χ2n) is 6.03. The predicted octanol–water partition coefficient (Wildman–Crippen LogP) is 3.65. The smallest absolute Gasteiger partial charge is 0.136 e. The lowest BCUT2D eigenvalue weighted by Crippen LogP contribution is -2.27. The van der Waals surface area contributed by atoms with E-state index in [0.29, 0.717) is 5.92 Å². The molecule has 20 heavy (non-hydrogen) atoms. The molecule has 0 atom stereocenters. The van der Waals surface area contributed by atoms with Crippen molar-refractivity contribution in [2.75, 3.05) is 30.0 Å². The Labute approximate surface area is 126 Å². The number of rotatable bonds is 7. The van der Waals surface area contributed by atoms with Gasteiger partial charge < -0.3 is 10.6 Å². The van der Waals surface area contributed by atoms with Crippen LogP contribution in [-0.2, 0) is 0 Å². The molecule has 0 amide bonds. The molecule has 1 aliphatic carbocycles. The van der Waals surface area contributed by atoms with E-state index >= 15 is 0 Å². The Morgan fingerprint density at radius 1 is 1.20 bits per heavy atom. The fraction of sp³-hybridized carbons (Fsp3) is 0.733. The summed E-state index contributed by atoms with van der Waals surface area (Å²) in [5.74, 6) is 3.53. The van der Waals surface area contributed by atoms with Crippen molar-refractivity contribution in [3.63, 3.8) is 0 Å². The van der Waals surface area contributed by atoms with Gasteiger partial charge in [-0.3, -0.25) is 0 Å². The minimum absolute atomic E-state index is 0.204. The number of nitrogens with zero attached hydrogens (tertiary/aromatic N) is 2. The molecule has 0 aromatic carbocycles. The number of aromatic nitrogens is 2. The highest BCUT2D eigenvalue weighted by atomic mass is 32.2. The van der Waals surface area contributed by atoms with Gasteiger partial charge in [-0.15, -0.1) is 0 Å². The molecule has 2 rings (SSSR count). The summed E-state index contributed by atoms with van der Waals surface area (Å²) < 4.78 is 0.204. The molecule has 112 valence electrons. The number of hydrogen-bond donors (Lipinski definition) is 2. The zero-order chi connectivity index (χ0) is 14.8. The lowest BCUT2D eigenvalue weighted by atomic mass is 10.2. The van der Waals surface area contributed by atoms with Crippen molar-refractivity contribution in [2.45, 2.75) is 51.2 Å². The van der Waals surface area contributed by atoms with E-state index in [0.717, 1.165) is 36.1 Å². The van der Waals surface area contributed by atoms with Crippen molar-refractivity contribution in [3.05, 3.63) is 11.4 Å². The zero-order valence-electron chi connectivity index (χ0n) is 13.2. The maximum Gasteiger partial charge on any atom is 0.136 e. The molecule has 1 saturated carbocycles. The van der Waals surface area contributed by atoms with Gasteiger partial charge >= 0.3 is 0 Å². The second-order valence-corrected chi connectivity index (χ2v) is 7.54. The highest BCUT2D eigenvalue weighted by Gasteiger charge is 2.28. The van der Waals surface area contributed by atoms with E-state index in [1.54, 1.807) is 0 Å². The number of nitrogens with one attached hydrogen (secondary N) is 2. The van der Waals surface area contributed by atoms with E-state index in [-0.39, 0.29) is 4.75 Å². The summed E-state index contributed by atoms with van der Waals surface area (Å²) in [5.41, 5.74) is 1.12. The van der Waals surface area contributed by atoms with Crippen LogP contribution in [0.5, 0.6) is 0 Å².